The van der Waals surface area contributed by atoms with Gasteiger partial charge in [-0.1, -0.05) is 91.0 Å². The summed E-state index contributed by atoms with van der Waals surface area (Å²) in [6, 6.07) is 44.0. The van der Waals surface area contributed by atoms with Gasteiger partial charge in [0.1, 0.15) is 0 Å². The van der Waals surface area contributed by atoms with Gasteiger partial charge in [-0.25, -0.2) is 20.8 Å². The Balaban J connectivity index is 0.000000226. The maximum atomic E-state index is 13.4. The van der Waals surface area contributed by atoms with Crippen molar-refractivity contribution in [1.29, 1.82) is 0 Å². The summed E-state index contributed by atoms with van der Waals surface area (Å²) in [5.74, 6) is -0.755. The molecule has 0 aliphatic carbocycles. The zero-order valence-electron chi connectivity index (χ0n) is 55.9. The van der Waals surface area contributed by atoms with Crippen molar-refractivity contribution in [2.24, 2.45) is 11.5 Å². The Morgan fingerprint density at radius 3 is 1.41 bits per heavy atom. The maximum Gasteiger partial charge on any atom is 1.00 e. The zero-order valence-corrected chi connectivity index (χ0v) is 59.3. The first kappa shape index (κ1) is 75.3. The predicted molar refractivity (Wildman–Crippen MR) is 372 cm³/mol. The number of fused-ring (bicyclic) bond motifs is 3. The number of ketones is 1. The molecule has 7 heterocycles. The molecular weight excluding hydrogens is 1280 g/mol. The van der Waals surface area contributed by atoms with Crippen LogP contribution in [0, 0.1) is 62.3 Å². The number of benzene rings is 5. The number of halogens is 1. The van der Waals surface area contributed by atoms with Gasteiger partial charge >= 0.3 is 29.6 Å². The monoisotopic (exact) mass is 1360 g/mol. The molecule has 11 aromatic rings. The van der Waals surface area contributed by atoms with Crippen LogP contribution in [0.25, 0.3) is 32.7 Å². The van der Waals surface area contributed by atoms with Gasteiger partial charge in [0.2, 0.25) is 0 Å². The molecular formula is C71H79ClN9NaO11S2. The minimum atomic E-state index is -3.91. The van der Waals surface area contributed by atoms with Crippen molar-refractivity contribution in [2.75, 3.05) is 13.2 Å². The number of nitrogens with zero attached hydrogens (tertiary/aromatic N) is 1. The number of H-pyrrole nitrogens is 5. The van der Waals surface area contributed by atoms with E-state index in [0.29, 0.717) is 58.2 Å². The summed E-state index contributed by atoms with van der Waals surface area (Å²) >= 11 is 0. The number of rotatable bonds is 12. The quantitative estimate of drug-likeness (QED) is 0.0324. The van der Waals surface area contributed by atoms with E-state index < -0.39 is 25.0 Å². The SMILES string of the molecule is C1CCOC1.Cc1[nH]c2ccccc2c1C(N)=O.Cc1cc(C)c(CCC(=O)c2c(C)[nH]c3ccccc23)c(=O)[nH]1.Cc1cc(C)c(CN)c(=O)[nH]1.Cc1cc(C)c(CNC(=O)c2c(C)n(S(=O)(=O)c3ccccc3)c3ccccc23)c(=O)[nH]1.O=S(=O)(Cl)c1ccccc1.[H-].[Na+]. The molecule has 12 rings (SSSR count). The van der Waals surface area contributed by atoms with Gasteiger partial charge in [-0.15, -0.1) is 0 Å². The van der Waals surface area contributed by atoms with E-state index >= 15 is 0 Å². The van der Waals surface area contributed by atoms with Crippen LogP contribution in [0.4, 0.5) is 0 Å². The van der Waals surface area contributed by atoms with Crippen molar-refractivity contribution in [1.82, 2.24) is 34.2 Å². The number of amides is 2. The van der Waals surface area contributed by atoms with Gasteiger partial charge in [-0.3, -0.25) is 28.8 Å². The number of primary amides is 1. The number of hydrogen-bond acceptors (Lipinski definition) is 12. The molecule has 0 saturated carbocycles. The van der Waals surface area contributed by atoms with Gasteiger partial charge < -0.3 is 47.9 Å². The van der Waals surface area contributed by atoms with Crippen LogP contribution in [-0.2, 0) is 43.3 Å². The molecule has 0 spiro atoms. The third-order valence-electron chi connectivity index (χ3n) is 15.4. The first-order valence-corrected chi connectivity index (χ1v) is 33.9. The molecule has 95 heavy (non-hydrogen) atoms. The number of hydrogen-bond donors (Lipinski definition) is 8. The summed E-state index contributed by atoms with van der Waals surface area (Å²) in [7, 11) is -2.41. The Hall–Kier alpha value is -8.71. The number of aromatic nitrogens is 6. The third kappa shape index (κ3) is 19.3. The molecule has 1 fully saturated rings. The molecule has 5 aromatic carbocycles. The van der Waals surface area contributed by atoms with Gasteiger partial charge in [0.25, 0.3) is 47.6 Å². The first-order valence-electron chi connectivity index (χ1n) is 30.2. The topological polar surface area (TPSA) is 328 Å². The number of aromatic amines is 5. The summed E-state index contributed by atoms with van der Waals surface area (Å²) in [4.78, 5) is 87.3. The van der Waals surface area contributed by atoms with Crippen LogP contribution < -0.4 is 63.0 Å². The van der Waals surface area contributed by atoms with Crippen LogP contribution in [0.1, 0.15) is 119 Å². The van der Waals surface area contributed by atoms with E-state index in [9.17, 15) is 45.6 Å². The molecule has 1 aliphatic heterocycles. The van der Waals surface area contributed by atoms with E-state index in [1.807, 2.05) is 115 Å². The third-order valence-corrected chi connectivity index (χ3v) is 18.6. The van der Waals surface area contributed by atoms with Crippen LogP contribution in [-0.4, -0.2) is 76.5 Å². The number of Topliss-reactive ketones (excluding diaryl/α,β-unsaturated/α-hetero) is 1. The van der Waals surface area contributed by atoms with Crippen molar-refractivity contribution >= 4 is 80.1 Å². The second-order valence-electron chi connectivity index (χ2n) is 22.5. The van der Waals surface area contributed by atoms with Crippen molar-refractivity contribution in [3.63, 3.8) is 0 Å². The average molecular weight is 1360 g/mol. The van der Waals surface area contributed by atoms with Gasteiger partial charge in [0, 0.05) is 127 Å². The number of nitrogens with one attached hydrogen (secondary N) is 6. The van der Waals surface area contributed by atoms with E-state index in [1.165, 1.54) is 41.1 Å². The number of ether oxygens (including phenoxy) is 1. The molecule has 20 nitrogen and oxygen atoms in total. The molecule has 0 unspecified atom stereocenters. The minimum Gasteiger partial charge on any atom is -1.00 e. The van der Waals surface area contributed by atoms with E-state index in [-0.39, 0.29) is 81.3 Å². The molecule has 24 heteroatoms. The van der Waals surface area contributed by atoms with Crippen LogP contribution in [0.2, 0.25) is 0 Å². The maximum absolute atomic E-state index is 13.4. The van der Waals surface area contributed by atoms with Crippen molar-refractivity contribution < 1.29 is 66.9 Å². The molecule has 1 aliphatic rings. The number of carbonyl (C=O) groups excluding carboxylic acids is 3. The smallest absolute Gasteiger partial charge is 1.00 e. The van der Waals surface area contributed by atoms with E-state index in [0.717, 1.165) is 85.7 Å². The van der Waals surface area contributed by atoms with Crippen LogP contribution in [0.5, 0.6) is 0 Å². The van der Waals surface area contributed by atoms with Crippen LogP contribution in [0.3, 0.4) is 0 Å². The molecule has 494 valence electrons. The van der Waals surface area contributed by atoms with Crippen molar-refractivity contribution in [2.45, 2.75) is 111 Å². The molecule has 10 N–H and O–H groups in total. The molecule has 0 radical (unpaired) electrons. The van der Waals surface area contributed by atoms with E-state index in [4.69, 9.17) is 26.9 Å². The van der Waals surface area contributed by atoms with Gasteiger partial charge in [-0.05, 0) is 159 Å². The number of aryl methyl sites for hydroxylation is 8. The van der Waals surface area contributed by atoms with Crippen molar-refractivity contribution in [3.8, 4) is 0 Å². The van der Waals surface area contributed by atoms with Gasteiger partial charge in [0.05, 0.1) is 26.4 Å². The zero-order chi connectivity index (χ0) is 68.6. The number of pyridine rings is 3. The number of para-hydroxylation sites is 3. The summed E-state index contributed by atoms with van der Waals surface area (Å²) in [5.41, 5.74) is 23.2. The summed E-state index contributed by atoms with van der Waals surface area (Å²) < 4.78 is 54.1. The predicted octanol–water partition coefficient (Wildman–Crippen LogP) is 8.57. The summed E-state index contributed by atoms with van der Waals surface area (Å²) in [6.07, 6.45) is 3.34. The van der Waals surface area contributed by atoms with E-state index in [2.05, 4.69) is 30.2 Å². The molecule has 6 aromatic heterocycles. The van der Waals surface area contributed by atoms with E-state index in [1.54, 1.807) is 74.5 Å². The molecule has 0 bridgehead atoms. The number of nitrogens with two attached hydrogens (primary N) is 2. The van der Waals surface area contributed by atoms with Crippen LogP contribution in [0.15, 0.2) is 176 Å². The largest absolute Gasteiger partial charge is 1.00 e. The Morgan fingerprint density at radius 1 is 0.547 bits per heavy atom. The molecule has 1 saturated heterocycles. The first-order chi connectivity index (χ1) is 44.6. The Morgan fingerprint density at radius 2 is 0.968 bits per heavy atom. The fourth-order valence-corrected chi connectivity index (χ4v) is 13.4. The standard InChI is InChI=1S/C24H23N3O4S.C19H20N2O2.C10H10N2O.C8H12N2O.C6H5ClO2S.C4H8O.Na.H/c1-15-13-16(2)26-23(28)20(15)14-25-24(29)22-17(3)27(21-12-8-7-11-19(21)22)32(30,31)18-9-5-4-6-10-18;1-11-10-12(2)20-19(23)14(11)8-9-17(22)18-13(3)21-16-7-5-4-6-15(16)18;1-6-9(10(11)13)7-4-2-3-5-8(7)12-6;1-5-3-6(2)10-8(11)7(5)4-9;7-10(8,9)6-4-2-1-3-5-6;1-2-4-5-3-1;;/h4-13H,14H2,1-3H3,(H,25,29)(H,26,28);4-7,10,21H,8-9H2,1-3H3,(H,20,23);2-5,12H,1H3,(H2,11,13);3H,4,9H2,1-2H3,(H,10,11);1-5H;1-4H2;;/q;;;;;;+1;-1. The van der Waals surface area contributed by atoms with Gasteiger partial charge in [0.15, 0.2) is 5.78 Å². The normalized spacial score (nSPS) is 11.7. The van der Waals surface area contributed by atoms with Crippen molar-refractivity contribution in [3.05, 3.63) is 267 Å². The average Bonchev–Trinajstić information content (AvgIpc) is 1.58. The van der Waals surface area contributed by atoms with Gasteiger partial charge in [-0.2, -0.15) is 0 Å². The second-order valence-corrected chi connectivity index (χ2v) is 26.8. The fourth-order valence-electron chi connectivity index (χ4n) is 11.0. The Kier molecular flexibility index (Phi) is 27.0. The summed E-state index contributed by atoms with van der Waals surface area (Å²) in [5, 5.41) is 5.16. The Labute approximate surface area is 579 Å². The second kappa shape index (κ2) is 34.1. The minimum absolute atomic E-state index is 0. The number of carbonyl (C=O) groups is 3. The van der Waals surface area contributed by atoms with Crippen LogP contribution >= 0.6 is 10.7 Å². The summed E-state index contributed by atoms with van der Waals surface area (Å²) in [6.45, 7) is 18.8. The molecule has 2 amide bonds. The Bertz CT molecular complexity index is 4960. The molecule has 0 atom stereocenters. The fraction of sp³-hybridized carbons (Fsp3) is 0.239.